The Morgan fingerprint density at radius 1 is 1.03 bits per heavy atom. The van der Waals surface area contributed by atoms with Crippen LogP contribution in [-0.2, 0) is 14.4 Å². The van der Waals surface area contributed by atoms with Crippen LogP contribution in [-0.4, -0.2) is 47.5 Å². The van der Waals surface area contributed by atoms with Crippen LogP contribution in [0.15, 0.2) is 47.4 Å². The Kier molecular flexibility index (Phi) is 6.32. The number of likely N-dealkylation sites (tertiary alicyclic amines) is 1. The summed E-state index contributed by atoms with van der Waals surface area (Å²) in [6.45, 7) is 5.20. The molecule has 6 nitrogen and oxygen atoms in total. The van der Waals surface area contributed by atoms with Crippen molar-refractivity contribution in [1.82, 2.24) is 4.90 Å². The molecule has 2 aromatic rings. The number of rotatable bonds is 4. The number of carbonyl (C=O) groups excluding carboxylic acids is 3. The normalized spacial score (nSPS) is 18.5. The van der Waals surface area contributed by atoms with Gasteiger partial charge in [0.25, 0.3) is 5.91 Å². The number of thioether (sulfide) groups is 1. The molecule has 0 spiro atoms. The van der Waals surface area contributed by atoms with E-state index in [2.05, 4.69) is 5.32 Å². The van der Waals surface area contributed by atoms with Gasteiger partial charge in [0, 0.05) is 23.7 Å². The molecule has 7 heteroatoms. The summed E-state index contributed by atoms with van der Waals surface area (Å²) >= 11 is 1.29. The van der Waals surface area contributed by atoms with Gasteiger partial charge in [0.1, 0.15) is 6.54 Å². The smallest absolute Gasteiger partial charge is 0.250 e. The van der Waals surface area contributed by atoms with Gasteiger partial charge in [-0.3, -0.25) is 14.4 Å². The van der Waals surface area contributed by atoms with Crippen molar-refractivity contribution in [3.05, 3.63) is 53.6 Å². The molecule has 0 aromatic heterocycles. The monoisotopic (exact) mass is 437 g/mol. The fraction of sp³-hybridized carbons (Fsp3) is 0.375. The zero-order chi connectivity index (χ0) is 22.0. The Morgan fingerprint density at radius 2 is 1.71 bits per heavy atom. The van der Waals surface area contributed by atoms with E-state index in [1.54, 1.807) is 4.90 Å². The predicted octanol–water partition coefficient (Wildman–Crippen LogP) is 3.76. The number of carbonyl (C=O) groups is 3. The molecular formula is C24H27N3O3S. The van der Waals surface area contributed by atoms with Crippen LogP contribution in [0.1, 0.15) is 30.4 Å². The van der Waals surface area contributed by atoms with Gasteiger partial charge in [0.15, 0.2) is 5.25 Å². The third-order valence-electron chi connectivity index (χ3n) is 5.59. The summed E-state index contributed by atoms with van der Waals surface area (Å²) in [7, 11) is 0. The standard InChI is InChI=1S/C24H27N3O3S/c1-16-12-17(2)14-18(13-16)25-21(28)15-27-19-8-4-5-9-20(19)31-22(24(27)30)23(29)26-10-6-3-7-11-26/h4-5,8-9,12-14,22H,3,6-7,10-11,15H2,1-2H3,(H,25,28)/t22-/m1/s1. The second-order valence-electron chi connectivity index (χ2n) is 8.20. The van der Waals surface area contributed by atoms with Crippen molar-refractivity contribution in [2.45, 2.75) is 43.3 Å². The first-order chi connectivity index (χ1) is 14.9. The first-order valence-corrected chi connectivity index (χ1v) is 11.5. The molecule has 0 unspecified atom stereocenters. The minimum absolute atomic E-state index is 0.132. The van der Waals surface area contributed by atoms with Crippen molar-refractivity contribution in [1.29, 1.82) is 0 Å². The number of nitrogens with one attached hydrogen (secondary N) is 1. The number of amides is 3. The van der Waals surface area contributed by atoms with Gasteiger partial charge in [-0.15, -0.1) is 11.8 Å². The first kappa shape index (κ1) is 21.4. The molecule has 2 aromatic carbocycles. The lowest BCUT2D eigenvalue weighted by molar-refractivity contribution is -0.135. The minimum atomic E-state index is -0.845. The van der Waals surface area contributed by atoms with E-state index in [-0.39, 0.29) is 24.3 Å². The molecule has 3 amide bonds. The highest BCUT2D eigenvalue weighted by Gasteiger charge is 2.40. The number of aryl methyl sites for hydroxylation is 2. The van der Waals surface area contributed by atoms with Gasteiger partial charge in [-0.1, -0.05) is 18.2 Å². The highest BCUT2D eigenvalue weighted by molar-refractivity contribution is 8.01. The van der Waals surface area contributed by atoms with Crippen molar-refractivity contribution >= 4 is 40.9 Å². The molecule has 0 saturated carbocycles. The van der Waals surface area contributed by atoms with Crippen molar-refractivity contribution in [3.63, 3.8) is 0 Å². The van der Waals surface area contributed by atoms with Gasteiger partial charge in [-0.25, -0.2) is 0 Å². The van der Waals surface area contributed by atoms with E-state index in [1.807, 2.05) is 56.3 Å². The molecule has 1 N–H and O–H groups in total. The number of benzene rings is 2. The summed E-state index contributed by atoms with van der Waals surface area (Å²) < 4.78 is 0. The maximum atomic E-state index is 13.3. The molecular weight excluding hydrogens is 410 g/mol. The van der Waals surface area contributed by atoms with Crippen LogP contribution in [0.4, 0.5) is 11.4 Å². The molecule has 0 radical (unpaired) electrons. The van der Waals surface area contributed by atoms with Crippen molar-refractivity contribution in [2.24, 2.45) is 0 Å². The third kappa shape index (κ3) is 4.77. The average molecular weight is 438 g/mol. The Bertz CT molecular complexity index is 997. The number of anilines is 2. The van der Waals surface area contributed by atoms with Gasteiger partial charge in [0.2, 0.25) is 11.8 Å². The number of para-hydroxylation sites is 1. The highest BCUT2D eigenvalue weighted by Crippen LogP contribution is 2.40. The molecule has 2 aliphatic rings. The quantitative estimate of drug-likeness (QED) is 0.740. The molecule has 0 aliphatic carbocycles. The lowest BCUT2D eigenvalue weighted by Gasteiger charge is -2.36. The summed E-state index contributed by atoms with van der Waals surface area (Å²) in [6.07, 6.45) is 3.05. The summed E-state index contributed by atoms with van der Waals surface area (Å²) in [5.41, 5.74) is 3.49. The van der Waals surface area contributed by atoms with Crippen LogP contribution in [0, 0.1) is 13.8 Å². The number of piperidine rings is 1. The SMILES string of the molecule is Cc1cc(C)cc(NC(=O)CN2C(=O)[C@@H](C(=O)N3CCCCC3)Sc3ccccc32)c1. The molecule has 1 saturated heterocycles. The number of hydrogen-bond acceptors (Lipinski definition) is 4. The maximum absolute atomic E-state index is 13.3. The van der Waals surface area contributed by atoms with Crippen LogP contribution in [0.25, 0.3) is 0 Å². The molecule has 162 valence electrons. The fourth-order valence-corrected chi connectivity index (χ4v) is 5.40. The Morgan fingerprint density at radius 3 is 2.42 bits per heavy atom. The van der Waals surface area contributed by atoms with Crippen LogP contribution < -0.4 is 10.2 Å². The predicted molar refractivity (Wildman–Crippen MR) is 123 cm³/mol. The largest absolute Gasteiger partial charge is 0.341 e. The molecule has 4 rings (SSSR count). The zero-order valence-corrected chi connectivity index (χ0v) is 18.7. The van der Waals surface area contributed by atoms with Crippen LogP contribution in [0.5, 0.6) is 0 Å². The van der Waals surface area contributed by atoms with E-state index >= 15 is 0 Å². The van der Waals surface area contributed by atoms with E-state index in [9.17, 15) is 14.4 Å². The molecule has 1 fully saturated rings. The lowest BCUT2D eigenvalue weighted by Crippen LogP contribution is -2.52. The number of nitrogens with zero attached hydrogens (tertiary/aromatic N) is 2. The summed E-state index contributed by atoms with van der Waals surface area (Å²) in [5, 5.41) is 2.05. The molecule has 31 heavy (non-hydrogen) atoms. The summed E-state index contributed by atoms with van der Waals surface area (Å²) in [6, 6.07) is 13.3. The van der Waals surface area contributed by atoms with E-state index < -0.39 is 5.25 Å². The van der Waals surface area contributed by atoms with Crippen molar-refractivity contribution in [2.75, 3.05) is 29.9 Å². The highest BCUT2D eigenvalue weighted by atomic mass is 32.2. The Labute approximate surface area is 187 Å². The van der Waals surface area contributed by atoms with Gasteiger partial charge < -0.3 is 15.1 Å². The van der Waals surface area contributed by atoms with E-state index in [1.165, 1.54) is 16.7 Å². The van der Waals surface area contributed by atoms with Gasteiger partial charge in [0.05, 0.1) is 5.69 Å². The van der Waals surface area contributed by atoms with Crippen LogP contribution in [0.2, 0.25) is 0 Å². The Hall–Kier alpha value is -2.80. The topological polar surface area (TPSA) is 69.7 Å². The lowest BCUT2D eigenvalue weighted by atomic mass is 10.1. The van der Waals surface area contributed by atoms with Crippen molar-refractivity contribution < 1.29 is 14.4 Å². The van der Waals surface area contributed by atoms with E-state index in [4.69, 9.17) is 0 Å². The number of fused-ring (bicyclic) bond motifs is 1. The molecule has 2 aliphatic heterocycles. The molecule has 0 bridgehead atoms. The van der Waals surface area contributed by atoms with E-state index in [0.717, 1.165) is 35.3 Å². The third-order valence-corrected chi connectivity index (χ3v) is 6.83. The molecule has 2 heterocycles. The summed E-state index contributed by atoms with van der Waals surface area (Å²) in [4.78, 5) is 43.4. The first-order valence-electron chi connectivity index (χ1n) is 10.7. The van der Waals surface area contributed by atoms with E-state index in [0.29, 0.717) is 24.5 Å². The maximum Gasteiger partial charge on any atom is 0.250 e. The zero-order valence-electron chi connectivity index (χ0n) is 17.9. The van der Waals surface area contributed by atoms with Gasteiger partial charge in [-0.2, -0.15) is 0 Å². The minimum Gasteiger partial charge on any atom is -0.341 e. The average Bonchev–Trinajstić information content (AvgIpc) is 2.75. The number of hydrogen-bond donors (Lipinski definition) is 1. The van der Waals surface area contributed by atoms with Crippen LogP contribution >= 0.6 is 11.8 Å². The second-order valence-corrected chi connectivity index (χ2v) is 9.35. The second kappa shape index (κ2) is 9.14. The van der Waals surface area contributed by atoms with Gasteiger partial charge in [-0.05, 0) is 68.5 Å². The van der Waals surface area contributed by atoms with Gasteiger partial charge >= 0.3 is 0 Å². The Balaban J connectivity index is 1.55. The summed E-state index contributed by atoms with van der Waals surface area (Å²) in [5.74, 6) is -0.761. The fourth-order valence-electron chi connectivity index (χ4n) is 4.21. The van der Waals surface area contributed by atoms with Crippen LogP contribution in [0.3, 0.4) is 0 Å². The molecule has 1 atom stereocenters. The van der Waals surface area contributed by atoms with Crippen molar-refractivity contribution in [3.8, 4) is 0 Å².